The van der Waals surface area contributed by atoms with Gasteiger partial charge >= 0.3 is 0 Å². The third-order valence-electron chi connectivity index (χ3n) is 3.96. The zero-order chi connectivity index (χ0) is 16.8. The molecule has 0 radical (unpaired) electrons. The van der Waals surface area contributed by atoms with Crippen molar-refractivity contribution in [2.75, 3.05) is 26.3 Å². The predicted octanol–water partition coefficient (Wildman–Crippen LogP) is 2.52. The van der Waals surface area contributed by atoms with E-state index in [1.807, 2.05) is 24.3 Å². The molecule has 1 saturated heterocycles. The van der Waals surface area contributed by atoms with Crippen LogP contribution in [0.4, 0.5) is 0 Å². The number of benzene rings is 1. The van der Waals surface area contributed by atoms with E-state index in [2.05, 4.69) is 9.88 Å². The molecule has 2 aromatic rings. The van der Waals surface area contributed by atoms with Crippen LogP contribution in [0.5, 0.6) is 5.75 Å². The molecule has 0 saturated carbocycles. The third kappa shape index (κ3) is 4.28. The van der Waals surface area contributed by atoms with Crippen molar-refractivity contribution in [2.45, 2.75) is 6.54 Å². The fourth-order valence-electron chi connectivity index (χ4n) is 2.58. The monoisotopic (exact) mass is 324 g/mol. The van der Waals surface area contributed by atoms with Crippen LogP contribution in [-0.2, 0) is 11.3 Å². The van der Waals surface area contributed by atoms with Gasteiger partial charge in [0.05, 0.1) is 18.9 Å². The standard InChI is InChI=1S/C19H20N2O3/c22-18(7-6-17-3-1-2-8-20-17)15-4-5-16(19(23)13-15)14-21-9-11-24-12-10-21/h1-8,13,23H,9-12,14H2/b7-6+. The second-order valence-electron chi connectivity index (χ2n) is 5.68. The molecule has 124 valence electrons. The van der Waals surface area contributed by atoms with Gasteiger partial charge < -0.3 is 9.84 Å². The molecule has 5 heteroatoms. The molecule has 3 rings (SSSR count). The number of aromatic hydroxyl groups is 1. The van der Waals surface area contributed by atoms with E-state index in [1.54, 1.807) is 18.3 Å². The van der Waals surface area contributed by atoms with Crippen LogP contribution in [0, 0.1) is 0 Å². The van der Waals surface area contributed by atoms with Gasteiger partial charge in [-0.15, -0.1) is 0 Å². The number of pyridine rings is 1. The maximum Gasteiger partial charge on any atom is 0.186 e. The number of morpholine rings is 1. The highest BCUT2D eigenvalue weighted by molar-refractivity contribution is 6.07. The lowest BCUT2D eigenvalue weighted by molar-refractivity contribution is 0.0339. The molecular weight excluding hydrogens is 304 g/mol. The van der Waals surface area contributed by atoms with Crippen LogP contribution in [0.15, 0.2) is 48.7 Å². The Morgan fingerprint density at radius 1 is 1.25 bits per heavy atom. The van der Waals surface area contributed by atoms with Crippen LogP contribution in [0.1, 0.15) is 21.6 Å². The molecule has 0 aliphatic carbocycles. The van der Waals surface area contributed by atoms with E-state index in [4.69, 9.17) is 4.74 Å². The normalized spacial score (nSPS) is 15.7. The third-order valence-corrected chi connectivity index (χ3v) is 3.96. The van der Waals surface area contributed by atoms with Crippen molar-refractivity contribution in [3.8, 4) is 5.75 Å². The predicted molar refractivity (Wildman–Crippen MR) is 91.8 cm³/mol. The van der Waals surface area contributed by atoms with Gasteiger partial charge in [-0.2, -0.15) is 0 Å². The van der Waals surface area contributed by atoms with E-state index in [9.17, 15) is 9.90 Å². The molecule has 0 bridgehead atoms. The summed E-state index contributed by atoms with van der Waals surface area (Å²) in [4.78, 5) is 18.6. The first-order valence-electron chi connectivity index (χ1n) is 7.98. The summed E-state index contributed by atoms with van der Waals surface area (Å²) in [6.45, 7) is 3.80. The number of ether oxygens (including phenoxy) is 1. The number of ketones is 1. The van der Waals surface area contributed by atoms with Crippen LogP contribution in [0.25, 0.3) is 6.08 Å². The van der Waals surface area contributed by atoms with E-state index < -0.39 is 0 Å². The lowest BCUT2D eigenvalue weighted by Crippen LogP contribution is -2.35. The van der Waals surface area contributed by atoms with Gasteiger partial charge in [0.15, 0.2) is 5.78 Å². The fourth-order valence-corrected chi connectivity index (χ4v) is 2.58. The van der Waals surface area contributed by atoms with Crippen molar-refractivity contribution in [3.63, 3.8) is 0 Å². The van der Waals surface area contributed by atoms with Gasteiger partial charge in [-0.05, 0) is 30.4 Å². The lowest BCUT2D eigenvalue weighted by Gasteiger charge is -2.26. The molecule has 1 aliphatic heterocycles. The van der Waals surface area contributed by atoms with E-state index >= 15 is 0 Å². The van der Waals surface area contributed by atoms with Crippen molar-refractivity contribution < 1.29 is 14.6 Å². The maximum atomic E-state index is 12.2. The van der Waals surface area contributed by atoms with Gasteiger partial charge in [0.1, 0.15) is 5.75 Å². The maximum absolute atomic E-state index is 12.2. The summed E-state index contributed by atoms with van der Waals surface area (Å²) in [5.74, 6) is -0.00699. The van der Waals surface area contributed by atoms with Crippen molar-refractivity contribution in [3.05, 3.63) is 65.5 Å². The topological polar surface area (TPSA) is 62.7 Å². The number of nitrogens with zero attached hydrogens (tertiary/aromatic N) is 2. The van der Waals surface area contributed by atoms with Crippen LogP contribution in [-0.4, -0.2) is 47.1 Å². The second kappa shape index (κ2) is 7.86. The summed E-state index contributed by atoms with van der Waals surface area (Å²) < 4.78 is 5.32. The Kier molecular flexibility index (Phi) is 5.36. The van der Waals surface area contributed by atoms with Gasteiger partial charge in [0.2, 0.25) is 0 Å². The Balaban J connectivity index is 1.67. The van der Waals surface area contributed by atoms with E-state index in [0.717, 1.165) is 37.6 Å². The first kappa shape index (κ1) is 16.4. The highest BCUT2D eigenvalue weighted by Crippen LogP contribution is 2.21. The number of hydrogen-bond donors (Lipinski definition) is 1. The second-order valence-corrected chi connectivity index (χ2v) is 5.68. The smallest absolute Gasteiger partial charge is 0.186 e. The molecule has 0 spiro atoms. The Bertz CT molecular complexity index is 723. The minimum Gasteiger partial charge on any atom is -0.508 e. The molecular formula is C19H20N2O3. The number of phenolic OH excluding ortho intramolecular Hbond substituents is 1. The van der Waals surface area contributed by atoms with E-state index in [0.29, 0.717) is 12.1 Å². The lowest BCUT2D eigenvalue weighted by atomic mass is 10.1. The average Bonchev–Trinajstić information content (AvgIpc) is 2.63. The number of hydrogen-bond acceptors (Lipinski definition) is 5. The van der Waals surface area contributed by atoms with Crippen LogP contribution in [0.2, 0.25) is 0 Å². The summed E-state index contributed by atoms with van der Waals surface area (Å²) in [6, 6.07) is 10.6. The number of carbonyl (C=O) groups excluding carboxylic acids is 1. The van der Waals surface area contributed by atoms with Crippen LogP contribution < -0.4 is 0 Å². The van der Waals surface area contributed by atoms with Gasteiger partial charge in [-0.25, -0.2) is 0 Å². The molecule has 5 nitrogen and oxygen atoms in total. The molecule has 0 atom stereocenters. The van der Waals surface area contributed by atoms with Crippen molar-refractivity contribution >= 4 is 11.9 Å². The molecule has 2 heterocycles. The van der Waals surface area contributed by atoms with Crippen molar-refractivity contribution in [2.24, 2.45) is 0 Å². The summed E-state index contributed by atoms with van der Waals surface area (Å²) >= 11 is 0. The quantitative estimate of drug-likeness (QED) is 0.676. The number of aromatic nitrogens is 1. The van der Waals surface area contributed by atoms with Crippen LogP contribution in [0.3, 0.4) is 0 Å². The molecule has 0 unspecified atom stereocenters. The summed E-state index contributed by atoms with van der Waals surface area (Å²) in [6.07, 6.45) is 4.82. The zero-order valence-electron chi connectivity index (χ0n) is 13.4. The molecule has 0 amide bonds. The fraction of sp³-hybridized carbons (Fsp3) is 0.263. The van der Waals surface area contributed by atoms with Gasteiger partial charge in [-0.3, -0.25) is 14.7 Å². The molecule has 1 aromatic heterocycles. The summed E-state index contributed by atoms with van der Waals surface area (Å²) in [7, 11) is 0. The Morgan fingerprint density at radius 3 is 2.79 bits per heavy atom. The van der Waals surface area contributed by atoms with E-state index in [-0.39, 0.29) is 11.5 Å². The SMILES string of the molecule is O=C(/C=C/c1ccccn1)c1ccc(CN2CCOCC2)c(O)c1. The largest absolute Gasteiger partial charge is 0.508 e. The first-order chi connectivity index (χ1) is 11.7. The Labute approximate surface area is 141 Å². The van der Waals surface area contributed by atoms with E-state index in [1.165, 1.54) is 12.1 Å². The summed E-state index contributed by atoms with van der Waals surface area (Å²) in [5.41, 5.74) is 2.01. The van der Waals surface area contributed by atoms with Crippen molar-refractivity contribution in [1.82, 2.24) is 9.88 Å². The Morgan fingerprint density at radius 2 is 2.08 bits per heavy atom. The van der Waals surface area contributed by atoms with Gasteiger partial charge in [0.25, 0.3) is 0 Å². The van der Waals surface area contributed by atoms with Crippen molar-refractivity contribution in [1.29, 1.82) is 0 Å². The highest BCUT2D eigenvalue weighted by atomic mass is 16.5. The molecule has 1 N–H and O–H groups in total. The number of carbonyl (C=O) groups is 1. The first-order valence-corrected chi connectivity index (χ1v) is 7.98. The molecule has 24 heavy (non-hydrogen) atoms. The minimum atomic E-state index is -0.158. The molecule has 1 aliphatic rings. The number of rotatable bonds is 5. The van der Waals surface area contributed by atoms with Gasteiger partial charge in [-0.1, -0.05) is 18.2 Å². The number of phenols is 1. The molecule has 1 fully saturated rings. The zero-order valence-corrected chi connectivity index (χ0v) is 13.4. The highest BCUT2D eigenvalue weighted by Gasteiger charge is 2.14. The van der Waals surface area contributed by atoms with Gasteiger partial charge in [0, 0.05) is 37.0 Å². The Hall–Kier alpha value is -2.50. The average molecular weight is 324 g/mol. The number of allylic oxidation sites excluding steroid dienone is 1. The summed E-state index contributed by atoms with van der Waals surface area (Å²) in [5, 5.41) is 10.2. The minimum absolute atomic E-state index is 0.151. The van der Waals surface area contributed by atoms with Crippen LogP contribution >= 0.6 is 0 Å². The molecule has 1 aromatic carbocycles.